The Labute approximate surface area is 77.8 Å². The van der Waals surface area contributed by atoms with Gasteiger partial charge in [0.05, 0.1) is 0 Å². The predicted octanol–water partition coefficient (Wildman–Crippen LogP) is 2.13. The minimum absolute atomic E-state index is 0.133. The molecule has 0 heterocycles. The monoisotopic (exact) mass is 176 g/mol. The van der Waals surface area contributed by atoms with E-state index in [-0.39, 0.29) is 6.10 Å². The van der Waals surface area contributed by atoms with Crippen LogP contribution in [0.3, 0.4) is 0 Å². The van der Waals surface area contributed by atoms with Crippen molar-refractivity contribution in [3.8, 4) is 0 Å². The zero-order chi connectivity index (χ0) is 9.52. The number of carbonyl (C=O) groups excluding carboxylic acids is 1. The molecule has 0 radical (unpaired) electrons. The van der Waals surface area contributed by atoms with E-state index in [4.69, 9.17) is 4.74 Å². The van der Waals surface area contributed by atoms with Crippen LogP contribution in [-0.4, -0.2) is 13.4 Å². The third-order valence-electron chi connectivity index (χ3n) is 1.75. The van der Waals surface area contributed by atoms with Crippen molar-refractivity contribution in [2.45, 2.75) is 6.10 Å². The smallest absolute Gasteiger partial charge is 0.142 e. The number of rotatable bonds is 4. The lowest BCUT2D eigenvalue weighted by Gasteiger charge is -2.09. The first-order valence-electron chi connectivity index (χ1n) is 4.08. The van der Waals surface area contributed by atoms with Gasteiger partial charge in [-0.3, -0.25) is 4.79 Å². The van der Waals surface area contributed by atoms with E-state index in [1.807, 2.05) is 30.3 Å². The summed E-state index contributed by atoms with van der Waals surface area (Å²) in [5.41, 5.74) is 1.04. The van der Waals surface area contributed by atoms with E-state index in [2.05, 4.69) is 0 Å². The summed E-state index contributed by atoms with van der Waals surface area (Å²) in [5.74, 6) is 0. The molecule has 0 bridgehead atoms. The van der Waals surface area contributed by atoms with Crippen molar-refractivity contribution < 1.29 is 9.53 Å². The van der Waals surface area contributed by atoms with Gasteiger partial charge in [0.25, 0.3) is 0 Å². The number of methoxy groups -OCH3 is 1. The van der Waals surface area contributed by atoms with Gasteiger partial charge in [-0.2, -0.15) is 0 Å². The average molecular weight is 176 g/mol. The summed E-state index contributed by atoms with van der Waals surface area (Å²) in [6.45, 7) is 0. The highest BCUT2D eigenvalue weighted by Gasteiger charge is 2.03. The molecule has 0 aromatic heterocycles. The Hall–Kier alpha value is -1.41. The lowest BCUT2D eigenvalue weighted by Crippen LogP contribution is -1.96. The summed E-state index contributed by atoms with van der Waals surface area (Å²) >= 11 is 0. The number of allylic oxidation sites excluding steroid dienone is 1. The minimum Gasteiger partial charge on any atom is -0.373 e. The maximum Gasteiger partial charge on any atom is 0.142 e. The quantitative estimate of drug-likeness (QED) is 0.519. The normalized spacial score (nSPS) is 13.0. The molecule has 2 nitrogen and oxygen atoms in total. The van der Waals surface area contributed by atoms with Crippen LogP contribution in [0.4, 0.5) is 0 Å². The van der Waals surface area contributed by atoms with Crippen LogP contribution >= 0.6 is 0 Å². The molecule has 0 amide bonds. The standard InChI is InChI=1S/C11H12O2/c1-13-11(8-5-9-12)10-6-3-2-4-7-10/h2-9,11H,1H3/b8-5+. The van der Waals surface area contributed by atoms with Crippen LogP contribution < -0.4 is 0 Å². The molecule has 2 heteroatoms. The number of carbonyl (C=O) groups is 1. The first-order valence-corrected chi connectivity index (χ1v) is 4.08. The number of ether oxygens (including phenoxy) is 1. The number of hydrogen-bond donors (Lipinski definition) is 0. The number of hydrogen-bond acceptors (Lipinski definition) is 2. The second-order valence-corrected chi connectivity index (χ2v) is 2.59. The van der Waals surface area contributed by atoms with E-state index < -0.39 is 0 Å². The fraction of sp³-hybridized carbons (Fsp3) is 0.182. The van der Waals surface area contributed by atoms with E-state index in [9.17, 15) is 4.79 Å². The SMILES string of the molecule is COC(/C=C/C=O)c1ccccc1. The first kappa shape index (κ1) is 9.68. The molecule has 0 fully saturated rings. The van der Waals surface area contributed by atoms with Gasteiger partial charge in [0.15, 0.2) is 0 Å². The third kappa shape index (κ3) is 2.84. The zero-order valence-corrected chi connectivity index (χ0v) is 7.51. The highest BCUT2D eigenvalue weighted by atomic mass is 16.5. The van der Waals surface area contributed by atoms with Crippen molar-refractivity contribution in [1.29, 1.82) is 0 Å². The summed E-state index contributed by atoms with van der Waals surface area (Å²) in [5, 5.41) is 0. The number of benzene rings is 1. The van der Waals surface area contributed by atoms with Gasteiger partial charge < -0.3 is 4.74 Å². The lowest BCUT2D eigenvalue weighted by atomic mass is 10.1. The van der Waals surface area contributed by atoms with Crippen LogP contribution in [0.5, 0.6) is 0 Å². The van der Waals surface area contributed by atoms with Crippen LogP contribution in [-0.2, 0) is 9.53 Å². The van der Waals surface area contributed by atoms with E-state index in [1.54, 1.807) is 13.2 Å². The molecule has 68 valence electrons. The molecule has 0 spiro atoms. The molecule has 0 saturated heterocycles. The second kappa shape index (κ2) is 5.27. The fourth-order valence-electron chi connectivity index (χ4n) is 1.11. The van der Waals surface area contributed by atoms with Crippen LogP contribution in [0.15, 0.2) is 42.5 Å². The zero-order valence-electron chi connectivity index (χ0n) is 7.51. The maximum atomic E-state index is 10.1. The van der Waals surface area contributed by atoms with Gasteiger partial charge in [-0.1, -0.05) is 30.3 Å². The van der Waals surface area contributed by atoms with E-state index in [1.165, 1.54) is 6.08 Å². The minimum atomic E-state index is -0.133. The molecule has 0 aliphatic heterocycles. The Balaban J connectivity index is 2.78. The van der Waals surface area contributed by atoms with Gasteiger partial charge in [0.1, 0.15) is 12.4 Å². The number of aldehydes is 1. The van der Waals surface area contributed by atoms with Crippen molar-refractivity contribution in [3.63, 3.8) is 0 Å². The summed E-state index contributed by atoms with van der Waals surface area (Å²) < 4.78 is 5.19. The highest BCUT2D eigenvalue weighted by molar-refractivity contribution is 5.64. The Kier molecular flexibility index (Phi) is 3.93. The molecular weight excluding hydrogens is 164 g/mol. The van der Waals surface area contributed by atoms with Gasteiger partial charge in [-0.15, -0.1) is 0 Å². The van der Waals surface area contributed by atoms with Crippen molar-refractivity contribution in [2.75, 3.05) is 7.11 Å². The van der Waals surface area contributed by atoms with Crippen molar-refractivity contribution in [1.82, 2.24) is 0 Å². The topological polar surface area (TPSA) is 26.3 Å². The summed E-state index contributed by atoms with van der Waals surface area (Å²) in [7, 11) is 1.62. The molecular formula is C11H12O2. The van der Waals surface area contributed by atoms with Gasteiger partial charge in [0.2, 0.25) is 0 Å². The summed E-state index contributed by atoms with van der Waals surface area (Å²) in [6, 6.07) is 9.75. The van der Waals surface area contributed by atoms with Crippen LogP contribution in [0.1, 0.15) is 11.7 Å². The molecule has 0 aliphatic rings. The summed E-state index contributed by atoms with van der Waals surface area (Å²) in [6.07, 6.45) is 3.78. The maximum absolute atomic E-state index is 10.1. The van der Waals surface area contributed by atoms with Crippen molar-refractivity contribution in [2.24, 2.45) is 0 Å². The molecule has 1 aromatic rings. The van der Waals surface area contributed by atoms with Gasteiger partial charge >= 0.3 is 0 Å². The second-order valence-electron chi connectivity index (χ2n) is 2.59. The van der Waals surface area contributed by atoms with Crippen LogP contribution in [0.2, 0.25) is 0 Å². The molecule has 13 heavy (non-hydrogen) atoms. The van der Waals surface area contributed by atoms with Crippen LogP contribution in [0.25, 0.3) is 0 Å². The third-order valence-corrected chi connectivity index (χ3v) is 1.75. The summed E-state index contributed by atoms with van der Waals surface area (Å²) in [4.78, 5) is 10.1. The molecule has 0 N–H and O–H groups in total. The molecule has 0 aliphatic carbocycles. The largest absolute Gasteiger partial charge is 0.373 e. The van der Waals surface area contributed by atoms with Gasteiger partial charge in [-0.25, -0.2) is 0 Å². The molecule has 1 atom stereocenters. The predicted molar refractivity (Wildman–Crippen MR) is 51.4 cm³/mol. The molecule has 1 unspecified atom stereocenters. The molecule has 0 saturated carbocycles. The van der Waals surface area contributed by atoms with Crippen molar-refractivity contribution >= 4 is 6.29 Å². The van der Waals surface area contributed by atoms with Gasteiger partial charge in [0, 0.05) is 7.11 Å². The Morgan fingerprint density at radius 3 is 2.54 bits per heavy atom. The van der Waals surface area contributed by atoms with E-state index in [0.717, 1.165) is 11.8 Å². The molecule has 1 rings (SSSR count). The Bertz CT molecular complexity index is 277. The first-order chi connectivity index (χ1) is 6.38. The van der Waals surface area contributed by atoms with E-state index in [0.29, 0.717) is 0 Å². The van der Waals surface area contributed by atoms with Crippen molar-refractivity contribution in [3.05, 3.63) is 48.0 Å². The van der Waals surface area contributed by atoms with Gasteiger partial charge in [-0.05, 0) is 17.7 Å². The average Bonchev–Trinajstić information content (AvgIpc) is 2.21. The fourth-order valence-corrected chi connectivity index (χ4v) is 1.11. The molecule has 1 aromatic carbocycles. The Morgan fingerprint density at radius 1 is 1.31 bits per heavy atom. The Morgan fingerprint density at radius 2 is 2.00 bits per heavy atom. The highest BCUT2D eigenvalue weighted by Crippen LogP contribution is 2.16. The van der Waals surface area contributed by atoms with E-state index >= 15 is 0 Å². The lowest BCUT2D eigenvalue weighted by molar-refractivity contribution is -0.104. The van der Waals surface area contributed by atoms with Crippen LogP contribution in [0, 0.1) is 0 Å².